The summed E-state index contributed by atoms with van der Waals surface area (Å²) < 4.78 is 0. The van der Waals surface area contributed by atoms with Gasteiger partial charge in [-0.05, 0) is 17.5 Å². The lowest BCUT2D eigenvalue weighted by molar-refractivity contribution is 0.140. The summed E-state index contributed by atoms with van der Waals surface area (Å²) in [6, 6.07) is 9.60. The Morgan fingerprint density at radius 2 is 1.88 bits per heavy atom. The lowest BCUT2D eigenvalue weighted by Crippen LogP contribution is -2.53. The van der Waals surface area contributed by atoms with Crippen LogP contribution in [0, 0.1) is 0 Å². The number of hydrogen-bond donors (Lipinski definition) is 1. The molecule has 16 heavy (non-hydrogen) atoms. The van der Waals surface area contributed by atoms with E-state index in [9.17, 15) is 0 Å². The quantitative estimate of drug-likeness (QED) is 0.767. The largest absolute Gasteiger partial charge is 0.314 e. The van der Waals surface area contributed by atoms with Crippen molar-refractivity contribution < 1.29 is 0 Å². The van der Waals surface area contributed by atoms with Gasteiger partial charge in [-0.1, -0.05) is 24.3 Å². The predicted molar refractivity (Wildman–Crippen MR) is 71.7 cm³/mol. The first kappa shape index (κ1) is 13.8. The van der Waals surface area contributed by atoms with Crippen molar-refractivity contribution in [1.29, 1.82) is 0 Å². The second kappa shape index (κ2) is 5.87. The third-order valence-electron chi connectivity index (χ3n) is 3.42. The summed E-state index contributed by atoms with van der Waals surface area (Å²) in [6.45, 7) is 4.68. The molecule has 2 heterocycles. The molecule has 1 N–H and O–H groups in total. The van der Waals surface area contributed by atoms with Crippen LogP contribution in [0.1, 0.15) is 11.1 Å². The van der Waals surface area contributed by atoms with Crippen molar-refractivity contribution >= 4 is 24.8 Å². The van der Waals surface area contributed by atoms with Crippen LogP contribution in [0.5, 0.6) is 0 Å². The van der Waals surface area contributed by atoms with Gasteiger partial charge in [0.1, 0.15) is 0 Å². The maximum Gasteiger partial charge on any atom is 0.0265 e. The third kappa shape index (κ3) is 2.51. The second-order valence-corrected chi connectivity index (χ2v) is 4.30. The molecule has 0 amide bonds. The van der Waals surface area contributed by atoms with Crippen molar-refractivity contribution in [3.05, 3.63) is 35.4 Å². The van der Waals surface area contributed by atoms with Gasteiger partial charge in [0.05, 0.1) is 0 Å². The first-order valence-electron chi connectivity index (χ1n) is 5.45. The van der Waals surface area contributed by atoms with E-state index in [0.717, 1.165) is 25.7 Å². The zero-order valence-corrected chi connectivity index (χ0v) is 10.8. The summed E-state index contributed by atoms with van der Waals surface area (Å²) in [7, 11) is 0. The zero-order chi connectivity index (χ0) is 9.38. The molecule has 0 aliphatic carbocycles. The van der Waals surface area contributed by atoms with Crippen molar-refractivity contribution in [3.8, 4) is 0 Å². The van der Waals surface area contributed by atoms with Gasteiger partial charge in [0.15, 0.2) is 0 Å². The van der Waals surface area contributed by atoms with Gasteiger partial charge in [-0.2, -0.15) is 0 Å². The Kier molecular flexibility index (Phi) is 5.06. The number of rotatable bonds is 0. The van der Waals surface area contributed by atoms with Gasteiger partial charge >= 0.3 is 0 Å². The van der Waals surface area contributed by atoms with Crippen molar-refractivity contribution in [2.75, 3.05) is 19.6 Å². The number of hydrogen-bond acceptors (Lipinski definition) is 2. The number of fused-ring (bicyclic) bond motifs is 2. The fourth-order valence-electron chi connectivity index (χ4n) is 2.60. The minimum Gasteiger partial charge on any atom is -0.314 e. The first-order valence-corrected chi connectivity index (χ1v) is 5.45. The molecule has 1 atom stereocenters. The molecule has 1 fully saturated rings. The van der Waals surface area contributed by atoms with Crippen LogP contribution in [0.4, 0.5) is 0 Å². The molecule has 4 heteroatoms. The van der Waals surface area contributed by atoms with E-state index in [1.54, 1.807) is 5.56 Å². The highest BCUT2D eigenvalue weighted by atomic mass is 35.5. The zero-order valence-electron chi connectivity index (χ0n) is 9.19. The Labute approximate surface area is 109 Å². The molecular formula is C12H18Cl2N2. The standard InChI is InChI=1S/C12H16N2.2ClH/c1-2-4-11-9-14-6-5-13-8-12(14)7-10(11)3-1;;/h1-4,12-13H,5-9H2;2*1H. The molecule has 1 saturated heterocycles. The van der Waals surface area contributed by atoms with Gasteiger partial charge in [0.2, 0.25) is 0 Å². The molecule has 0 radical (unpaired) electrons. The molecule has 1 unspecified atom stereocenters. The van der Waals surface area contributed by atoms with E-state index >= 15 is 0 Å². The molecule has 0 saturated carbocycles. The number of nitrogens with one attached hydrogen (secondary N) is 1. The molecule has 2 nitrogen and oxygen atoms in total. The van der Waals surface area contributed by atoms with E-state index in [4.69, 9.17) is 0 Å². The van der Waals surface area contributed by atoms with Crippen LogP contribution in [0.25, 0.3) is 0 Å². The van der Waals surface area contributed by atoms with E-state index < -0.39 is 0 Å². The van der Waals surface area contributed by atoms with E-state index in [1.165, 1.54) is 18.5 Å². The van der Waals surface area contributed by atoms with Crippen molar-refractivity contribution in [3.63, 3.8) is 0 Å². The molecule has 2 aliphatic rings. The van der Waals surface area contributed by atoms with E-state index in [2.05, 4.69) is 34.5 Å². The number of piperazine rings is 1. The fourth-order valence-corrected chi connectivity index (χ4v) is 2.60. The summed E-state index contributed by atoms with van der Waals surface area (Å²) in [5, 5.41) is 3.47. The maximum atomic E-state index is 3.47. The minimum absolute atomic E-state index is 0. The summed E-state index contributed by atoms with van der Waals surface area (Å²) in [5.74, 6) is 0. The molecule has 0 aromatic heterocycles. The number of nitrogens with zero attached hydrogens (tertiary/aromatic N) is 1. The van der Waals surface area contributed by atoms with E-state index in [0.29, 0.717) is 0 Å². The van der Waals surface area contributed by atoms with Crippen molar-refractivity contribution in [1.82, 2.24) is 10.2 Å². The Morgan fingerprint density at radius 1 is 1.12 bits per heavy atom. The lowest BCUT2D eigenvalue weighted by Gasteiger charge is -2.40. The fraction of sp³-hybridized carbons (Fsp3) is 0.500. The van der Waals surface area contributed by atoms with Crippen LogP contribution in [0.2, 0.25) is 0 Å². The molecular weight excluding hydrogens is 243 g/mol. The van der Waals surface area contributed by atoms with E-state index in [-0.39, 0.29) is 24.8 Å². The van der Waals surface area contributed by atoms with Crippen LogP contribution in [0.3, 0.4) is 0 Å². The Bertz CT molecular complexity index is 311. The molecule has 90 valence electrons. The highest BCUT2D eigenvalue weighted by molar-refractivity contribution is 5.85. The van der Waals surface area contributed by atoms with Crippen LogP contribution in [-0.4, -0.2) is 30.6 Å². The van der Waals surface area contributed by atoms with E-state index in [1.807, 2.05) is 0 Å². The van der Waals surface area contributed by atoms with Gasteiger partial charge < -0.3 is 5.32 Å². The second-order valence-electron chi connectivity index (χ2n) is 4.30. The van der Waals surface area contributed by atoms with Gasteiger partial charge in [0.25, 0.3) is 0 Å². The normalized spacial score (nSPS) is 23.4. The maximum absolute atomic E-state index is 3.47. The van der Waals surface area contributed by atoms with Crippen LogP contribution in [0.15, 0.2) is 24.3 Å². The average molecular weight is 261 g/mol. The van der Waals surface area contributed by atoms with Crippen LogP contribution >= 0.6 is 24.8 Å². The highest BCUT2D eigenvalue weighted by Gasteiger charge is 2.27. The predicted octanol–water partition coefficient (Wildman–Crippen LogP) is 1.86. The Hall–Kier alpha value is -0.280. The SMILES string of the molecule is Cl.Cl.c1ccc2c(c1)CC1CNCCN1C2. The molecule has 2 aliphatic heterocycles. The summed E-state index contributed by atoms with van der Waals surface area (Å²) in [4.78, 5) is 2.61. The van der Waals surface area contributed by atoms with Gasteiger partial charge in [-0.3, -0.25) is 4.90 Å². The number of benzene rings is 1. The molecule has 1 aromatic carbocycles. The van der Waals surface area contributed by atoms with Gasteiger partial charge in [-0.15, -0.1) is 24.8 Å². The minimum atomic E-state index is 0. The van der Waals surface area contributed by atoms with Crippen LogP contribution in [-0.2, 0) is 13.0 Å². The van der Waals surface area contributed by atoms with Gasteiger partial charge in [-0.25, -0.2) is 0 Å². The third-order valence-corrected chi connectivity index (χ3v) is 3.42. The monoisotopic (exact) mass is 260 g/mol. The smallest absolute Gasteiger partial charge is 0.0265 e. The van der Waals surface area contributed by atoms with Crippen molar-refractivity contribution in [2.45, 2.75) is 19.0 Å². The summed E-state index contributed by atoms with van der Waals surface area (Å²) in [6.07, 6.45) is 1.23. The highest BCUT2D eigenvalue weighted by Crippen LogP contribution is 2.23. The summed E-state index contributed by atoms with van der Waals surface area (Å²) >= 11 is 0. The molecule has 3 rings (SSSR count). The molecule has 0 bridgehead atoms. The van der Waals surface area contributed by atoms with Gasteiger partial charge in [0, 0.05) is 32.2 Å². The molecule has 0 spiro atoms. The van der Waals surface area contributed by atoms with Crippen molar-refractivity contribution in [2.24, 2.45) is 0 Å². The Balaban J connectivity index is 0.000000640. The lowest BCUT2D eigenvalue weighted by atomic mass is 9.93. The topological polar surface area (TPSA) is 15.3 Å². The average Bonchev–Trinajstić information content (AvgIpc) is 2.26. The summed E-state index contributed by atoms with van der Waals surface area (Å²) in [5.41, 5.74) is 3.09. The number of halogens is 2. The first-order chi connectivity index (χ1) is 6.93. The Morgan fingerprint density at radius 3 is 2.69 bits per heavy atom. The molecule has 1 aromatic rings. The van der Waals surface area contributed by atoms with Crippen LogP contribution < -0.4 is 5.32 Å².